The summed E-state index contributed by atoms with van der Waals surface area (Å²) < 4.78 is 69.0. The lowest BCUT2D eigenvalue weighted by molar-refractivity contribution is -0.387. The summed E-state index contributed by atoms with van der Waals surface area (Å²) in [6.07, 6.45) is 9.40. The number of nitrogens with zero attached hydrogens (tertiary/aromatic N) is 10. The van der Waals surface area contributed by atoms with Gasteiger partial charge in [-0.15, -0.1) is 0 Å². The number of nitrogens with two attached hydrogens (primary N) is 1. The monoisotopic (exact) mass is 854 g/mol. The Labute approximate surface area is 344 Å². The number of nitro benzene ring substituents is 2. The number of nitrogen functional groups attached to an aromatic ring is 1. The van der Waals surface area contributed by atoms with Crippen LogP contribution in [-0.4, -0.2) is 53.6 Å². The topological polar surface area (TPSA) is 241 Å². The molecule has 9 rings (SSSR count). The molecule has 62 heavy (non-hydrogen) atoms. The minimum Gasteiger partial charge on any atom is -0.457 e. The Morgan fingerprint density at radius 2 is 1.15 bits per heavy atom. The Kier molecular flexibility index (Phi) is 12.7. The molecule has 0 aliphatic heterocycles. The van der Waals surface area contributed by atoms with Gasteiger partial charge in [0.05, 0.1) is 15.5 Å². The Bertz CT molecular complexity index is 3150. The van der Waals surface area contributed by atoms with Crippen molar-refractivity contribution in [2.45, 2.75) is 20.8 Å². The van der Waals surface area contributed by atoms with E-state index in [-0.39, 0.29) is 28.0 Å². The standard InChI is InChI=1S/C13H9FN4O3.C13H11FN4O.C7H5F2NO2.C6H5N3O/c1-8-11(3-2-10(13(8)14)18(19)20)21-9-4-5-17-12(6-9)15-7-16-17;1-8-11(3-2-10(15)13(8)14)19-9-4-5-18-12(6-9)16-7-17-18;1-4-5(8)2-3-6(7(4)9)10(11)12;10-5-1-2-9-6(3-5)7-4-8-9/h2-7H,1H3;2-7H,15H2,1H3;2-3H,1H3;1-4H,(H,7,8). The van der Waals surface area contributed by atoms with E-state index < -0.39 is 44.5 Å². The highest BCUT2D eigenvalue weighted by atomic mass is 19.1. The van der Waals surface area contributed by atoms with Gasteiger partial charge in [0.15, 0.2) is 28.2 Å². The number of anilines is 1. The summed E-state index contributed by atoms with van der Waals surface area (Å²) in [5, 5.41) is 31.5. The third-order valence-corrected chi connectivity index (χ3v) is 8.64. The van der Waals surface area contributed by atoms with Crippen molar-refractivity contribution in [3.63, 3.8) is 0 Å². The third-order valence-electron chi connectivity index (χ3n) is 8.64. The van der Waals surface area contributed by atoms with E-state index in [0.29, 0.717) is 39.8 Å². The van der Waals surface area contributed by atoms with Gasteiger partial charge in [-0.25, -0.2) is 37.3 Å². The van der Waals surface area contributed by atoms with Crippen LogP contribution in [0.2, 0.25) is 0 Å². The number of halogens is 4. The quantitative estimate of drug-likeness (QED) is 0.0708. The van der Waals surface area contributed by atoms with E-state index in [2.05, 4.69) is 30.2 Å². The summed E-state index contributed by atoms with van der Waals surface area (Å²) in [6, 6.07) is 16.9. The fraction of sp³-hybridized carbons (Fsp3) is 0.0769. The van der Waals surface area contributed by atoms with E-state index in [1.807, 2.05) is 0 Å². The molecular weight excluding hydrogens is 824 g/mol. The van der Waals surface area contributed by atoms with Gasteiger partial charge < -0.3 is 15.2 Å². The Balaban J connectivity index is 0.000000144. The van der Waals surface area contributed by atoms with E-state index in [4.69, 9.17) is 15.2 Å². The maximum absolute atomic E-state index is 13.9. The van der Waals surface area contributed by atoms with Gasteiger partial charge in [-0.3, -0.25) is 30.1 Å². The predicted molar refractivity (Wildman–Crippen MR) is 213 cm³/mol. The van der Waals surface area contributed by atoms with E-state index in [9.17, 15) is 42.6 Å². The molecule has 0 unspecified atom stereocenters. The average Bonchev–Trinajstić information content (AvgIpc) is 4.04. The highest BCUT2D eigenvalue weighted by Crippen LogP contribution is 2.32. The highest BCUT2D eigenvalue weighted by molar-refractivity contribution is 5.52. The number of aromatic nitrogens is 9. The van der Waals surface area contributed by atoms with Gasteiger partial charge >= 0.3 is 11.4 Å². The molecule has 316 valence electrons. The van der Waals surface area contributed by atoms with Crippen molar-refractivity contribution in [1.29, 1.82) is 0 Å². The number of fused-ring (bicyclic) bond motifs is 3. The first kappa shape index (κ1) is 42.8. The number of aromatic amines is 1. The molecular formula is C39H30F4N12O7. The predicted octanol–water partition coefficient (Wildman–Crippen LogP) is 7.63. The van der Waals surface area contributed by atoms with Crippen LogP contribution in [0.15, 0.2) is 115 Å². The molecule has 23 heteroatoms. The zero-order valence-electron chi connectivity index (χ0n) is 32.3. The summed E-state index contributed by atoms with van der Waals surface area (Å²) in [7, 11) is 0. The first-order valence-corrected chi connectivity index (χ1v) is 17.6. The number of pyridine rings is 3. The summed E-state index contributed by atoms with van der Waals surface area (Å²) in [5.41, 5.74) is 6.30. The van der Waals surface area contributed by atoms with Crippen LogP contribution < -0.4 is 20.6 Å². The van der Waals surface area contributed by atoms with Crippen LogP contribution in [0.4, 0.5) is 34.6 Å². The van der Waals surface area contributed by atoms with E-state index in [1.165, 1.54) is 50.2 Å². The Morgan fingerprint density at radius 1 is 0.629 bits per heavy atom. The molecule has 6 heterocycles. The smallest absolute Gasteiger partial charge is 0.305 e. The fourth-order valence-corrected chi connectivity index (χ4v) is 5.30. The van der Waals surface area contributed by atoms with Crippen molar-refractivity contribution in [3.05, 3.63) is 181 Å². The molecule has 0 amide bonds. The minimum absolute atomic E-state index is 0.0212. The van der Waals surface area contributed by atoms with Crippen molar-refractivity contribution in [3.8, 4) is 23.0 Å². The van der Waals surface area contributed by atoms with Crippen molar-refractivity contribution in [2.24, 2.45) is 0 Å². The van der Waals surface area contributed by atoms with Gasteiger partial charge in [-0.05, 0) is 57.2 Å². The SMILES string of the molecule is Cc1c(F)ccc([N+](=O)[O-])c1F.Cc1c(Oc2ccn3ncnc3c2)ccc(N)c1F.Cc1c(Oc2ccn3ncnc3c2)ccc([N+](=O)[O-])c1F.O=c1ccn2[nH]cnc2c1. The van der Waals surface area contributed by atoms with Crippen LogP contribution >= 0.6 is 0 Å². The number of rotatable bonds is 6. The van der Waals surface area contributed by atoms with Gasteiger partial charge in [-0.2, -0.15) is 19.0 Å². The second kappa shape index (κ2) is 18.4. The maximum Gasteiger partial charge on any atom is 0.305 e. The summed E-state index contributed by atoms with van der Waals surface area (Å²) in [5.74, 6) is -1.61. The zero-order chi connectivity index (χ0) is 44.7. The molecule has 0 radical (unpaired) electrons. The molecule has 0 aliphatic carbocycles. The van der Waals surface area contributed by atoms with E-state index in [1.54, 1.807) is 69.4 Å². The first-order valence-electron chi connectivity index (χ1n) is 17.6. The molecule has 0 bridgehead atoms. The van der Waals surface area contributed by atoms with Crippen LogP contribution in [-0.2, 0) is 0 Å². The maximum atomic E-state index is 13.9. The number of nitro groups is 2. The molecule has 6 aromatic heterocycles. The molecule has 0 aliphatic rings. The largest absolute Gasteiger partial charge is 0.457 e. The lowest BCUT2D eigenvalue weighted by Gasteiger charge is -2.10. The molecule has 9 aromatic rings. The van der Waals surface area contributed by atoms with E-state index >= 15 is 0 Å². The molecule has 3 aromatic carbocycles. The van der Waals surface area contributed by atoms with Crippen LogP contribution in [0.3, 0.4) is 0 Å². The van der Waals surface area contributed by atoms with Crippen LogP contribution in [0.25, 0.3) is 16.9 Å². The van der Waals surface area contributed by atoms with Crippen molar-refractivity contribution < 1.29 is 36.9 Å². The minimum atomic E-state index is -1.11. The van der Waals surface area contributed by atoms with E-state index in [0.717, 1.165) is 25.1 Å². The van der Waals surface area contributed by atoms with Crippen LogP contribution in [0.1, 0.15) is 16.7 Å². The highest BCUT2D eigenvalue weighted by Gasteiger charge is 2.20. The van der Waals surface area contributed by atoms with Gasteiger partial charge in [0.2, 0.25) is 11.6 Å². The molecule has 0 saturated heterocycles. The molecule has 19 nitrogen and oxygen atoms in total. The third kappa shape index (κ3) is 9.74. The first-order chi connectivity index (χ1) is 29.6. The Morgan fingerprint density at radius 3 is 1.71 bits per heavy atom. The number of ether oxygens (including phenoxy) is 2. The number of benzene rings is 3. The fourth-order valence-electron chi connectivity index (χ4n) is 5.30. The number of H-pyrrole nitrogens is 1. The summed E-state index contributed by atoms with van der Waals surface area (Å²) in [4.78, 5) is 41.8. The van der Waals surface area contributed by atoms with Crippen molar-refractivity contribution >= 4 is 34.0 Å². The number of hydrogen-bond acceptors (Lipinski definition) is 13. The molecule has 0 atom stereocenters. The Hall–Kier alpha value is -8.76. The molecule has 0 saturated carbocycles. The summed E-state index contributed by atoms with van der Waals surface area (Å²) >= 11 is 0. The molecule has 0 spiro atoms. The van der Waals surface area contributed by atoms with Gasteiger partial charge in [0.25, 0.3) is 0 Å². The summed E-state index contributed by atoms with van der Waals surface area (Å²) in [6.45, 7) is 4.20. The second-order valence-corrected chi connectivity index (χ2v) is 12.7. The lowest BCUT2D eigenvalue weighted by Crippen LogP contribution is -1.98. The van der Waals surface area contributed by atoms with Crippen molar-refractivity contribution in [2.75, 3.05) is 5.73 Å². The van der Waals surface area contributed by atoms with Crippen LogP contribution in [0, 0.1) is 64.3 Å². The van der Waals surface area contributed by atoms with Gasteiger partial charge in [-0.1, -0.05) is 0 Å². The van der Waals surface area contributed by atoms with Gasteiger partial charge in [0, 0.05) is 71.7 Å². The number of nitrogens with one attached hydrogen (secondary N) is 1. The lowest BCUT2D eigenvalue weighted by atomic mass is 10.2. The average molecular weight is 855 g/mol. The molecule has 3 N–H and O–H groups in total. The van der Waals surface area contributed by atoms with Gasteiger partial charge in [0.1, 0.15) is 47.8 Å². The number of hydrogen-bond donors (Lipinski definition) is 2. The van der Waals surface area contributed by atoms with Crippen molar-refractivity contribution in [1.82, 2.24) is 43.8 Å². The zero-order valence-corrected chi connectivity index (χ0v) is 32.3. The molecule has 0 fully saturated rings. The van der Waals surface area contributed by atoms with Crippen LogP contribution in [0.5, 0.6) is 23.0 Å². The second-order valence-electron chi connectivity index (χ2n) is 12.7. The normalized spacial score (nSPS) is 10.6.